The van der Waals surface area contributed by atoms with E-state index in [0.717, 1.165) is 37.9 Å². The van der Waals surface area contributed by atoms with Crippen molar-refractivity contribution >= 4 is 21.6 Å². The molecular weight excluding hydrogens is 549 g/mol. The fraction of sp³-hybridized carbons (Fsp3) is 0.441. The summed E-state index contributed by atoms with van der Waals surface area (Å²) in [6, 6.07) is 24.0. The number of nitrogens with zero attached hydrogens (tertiary/aromatic N) is 3. The lowest BCUT2D eigenvalue weighted by Crippen LogP contribution is -2.44. The van der Waals surface area contributed by atoms with E-state index in [0.29, 0.717) is 25.9 Å². The smallest absolute Gasteiger partial charge is 0.243 e. The third-order valence-electron chi connectivity index (χ3n) is 8.58. The Morgan fingerprint density at radius 1 is 0.738 bits per heavy atom. The highest BCUT2D eigenvalue weighted by Gasteiger charge is 2.34. The molecule has 3 aromatic carbocycles. The van der Waals surface area contributed by atoms with Gasteiger partial charge in [0.2, 0.25) is 15.9 Å². The Morgan fingerprint density at radius 3 is 2.07 bits per heavy atom. The van der Waals surface area contributed by atoms with Crippen LogP contribution < -0.4 is 4.90 Å². The maximum atomic E-state index is 14.0. The first kappa shape index (κ1) is 30.2. The van der Waals surface area contributed by atoms with Gasteiger partial charge in [-0.05, 0) is 67.1 Å². The van der Waals surface area contributed by atoms with Crippen LogP contribution in [-0.4, -0.2) is 49.7 Å². The number of sulfonamides is 1. The summed E-state index contributed by atoms with van der Waals surface area (Å²) in [6.45, 7) is 3.62. The van der Waals surface area contributed by atoms with Gasteiger partial charge >= 0.3 is 0 Å². The second-order valence-corrected chi connectivity index (χ2v) is 13.5. The number of amides is 1. The molecule has 1 amide bonds. The van der Waals surface area contributed by atoms with Crippen LogP contribution in [0.2, 0.25) is 0 Å². The minimum absolute atomic E-state index is 0.0873. The van der Waals surface area contributed by atoms with Gasteiger partial charge in [0.25, 0.3) is 0 Å². The molecule has 42 heavy (non-hydrogen) atoms. The summed E-state index contributed by atoms with van der Waals surface area (Å²) < 4.78 is 41.0. The highest BCUT2D eigenvalue weighted by Crippen LogP contribution is 2.29. The van der Waals surface area contributed by atoms with E-state index in [2.05, 4.69) is 53.4 Å². The molecule has 0 bridgehead atoms. The summed E-state index contributed by atoms with van der Waals surface area (Å²) in [7, 11) is -3.72. The summed E-state index contributed by atoms with van der Waals surface area (Å²) in [5.41, 5.74) is 3.60. The van der Waals surface area contributed by atoms with E-state index in [9.17, 15) is 17.6 Å². The first-order valence-corrected chi connectivity index (χ1v) is 16.8. The molecule has 6 nitrogen and oxygen atoms in total. The average Bonchev–Trinajstić information content (AvgIpc) is 3.03. The molecule has 0 unspecified atom stereocenters. The molecule has 1 saturated heterocycles. The van der Waals surface area contributed by atoms with Crippen LogP contribution in [0.3, 0.4) is 0 Å². The molecule has 2 aliphatic rings. The molecule has 0 radical (unpaired) electrons. The number of hydrogen-bond donors (Lipinski definition) is 0. The van der Waals surface area contributed by atoms with Crippen LogP contribution in [0.25, 0.3) is 0 Å². The summed E-state index contributed by atoms with van der Waals surface area (Å²) >= 11 is 0. The van der Waals surface area contributed by atoms with Crippen molar-refractivity contribution in [3.63, 3.8) is 0 Å². The van der Waals surface area contributed by atoms with Crippen LogP contribution in [0.4, 0.5) is 10.1 Å². The molecule has 5 rings (SSSR count). The summed E-state index contributed by atoms with van der Waals surface area (Å²) in [4.78, 5) is 18.6. The number of anilines is 1. The van der Waals surface area contributed by atoms with Crippen LogP contribution in [-0.2, 0) is 27.9 Å². The quantitative estimate of drug-likeness (QED) is 0.335. The molecule has 0 atom stereocenters. The van der Waals surface area contributed by atoms with E-state index in [1.807, 2.05) is 11.0 Å². The van der Waals surface area contributed by atoms with E-state index in [1.165, 1.54) is 59.1 Å². The lowest BCUT2D eigenvalue weighted by Gasteiger charge is -2.35. The van der Waals surface area contributed by atoms with Crippen molar-refractivity contribution in [3.8, 4) is 0 Å². The normalized spacial score (nSPS) is 18.4. The molecule has 1 fully saturated rings. The molecule has 8 heteroatoms. The molecule has 2 aliphatic heterocycles. The monoisotopic (exact) mass is 591 g/mol. The molecule has 0 spiro atoms. The van der Waals surface area contributed by atoms with E-state index in [-0.39, 0.29) is 29.8 Å². The van der Waals surface area contributed by atoms with Crippen molar-refractivity contribution in [1.82, 2.24) is 9.21 Å². The number of piperidine rings is 1. The highest BCUT2D eigenvalue weighted by molar-refractivity contribution is 7.89. The topological polar surface area (TPSA) is 60.9 Å². The minimum Gasteiger partial charge on any atom is -0.367 e. The third-order valence-corrected chi connectivity index (χ3v) is 10.5. The van der Waals surface area contributed by atoms with E-state index >= 15 is 0 Å². The number of fused-ring (bicyclic) bond motifs is 1. The molecular formula is C34H42FN3O3S. The van der Waals surface area contributed by atoms with Crippen molar-refractivity contribution < 1.29 is 17.6 Å². The SMILES string of the molecule is O=C(C1CCN(S(=O)(=O)c2ccc(F)cc2)CC1)N1CCCCCCCCN(Cc2ccccc2)c2ccccc2C1. The van der Waals surface area contributed by atoms with Crippen molar-refractivity contribution in [2.45, 2.75) is 69.4 Å². The van der Waals surface area contributed by atoms with Gasteiger partial charge in [0.1, 0.15) is 5.82 Å². The van der Waals surface area contributed by atoms with Crippen LogP contribution >= 0.6 is 0 Å². The van der Waals surface area contributed by atoms with Gasteiger partial charge in [0.05, 0.1) is 4.90 Å². The molecule has 0 aliphatic carbocycles. The zero-order valence-corrected chi connectivity index (χ0v) is 25.2. The molecule has 0 aromatic heterocycles. The summed E-state index contributed by atoms with van der Waals surface area (Å²) in [5.74, 6) is -0.564. The van der Waals surface area contributed by atoms with Crippen LogP contribution in [0.15, 0.2) is 83.8 Å². The number of carbonyl (C=O) groups excluding carboxylic acids is 1. The maximum absolute atomic E-state index is 14.0. The van der Waals surface area contributed by atoms with Gasteiger partial charge in [-0.1, -0.05) is 74.2 Å². The summed E-state index contributed by atoms with van der Waals surface area (Å²) in [5, 5.41) is 0. The highest BCUT2D eigenvalue weighted by atomic mass is 32.2. The second kappa shape index (κ2) is 14.3. The van der Waals surface area contributed by atoms with Crippen molar-refractivity contribution in [3.05, 3.63) is 95.8 Å². The van der Waals surface area contributed by atoms with Gasteiger partial charge in [-0.3, -0.25) is 4.79 Å². The lowest BCUT2D eigenvalue weighted by molar-refractivity contribution is -0.137. The maximum Gasteiger partial charge on any atom is 0.243 e. The van der Waals surface area contributed by atoms with E-state index < -0.39 is 15.8 Å². The molecule has 0 saturated carbocycles. The largest absolute Gasteiger partial charge is 0.367 e. The van der Waals surface area contributed by atoms with Gasteiger partial charge in [0, 0.05) is 50.9 Å². The minimum atomic E-state index is -3.72. The Bertz CT molecular complexity index is 1410. The van der Waals surface area contributed by atoms with Gasteiger partial charge in [-0.2, -0.15) is 4.31 Å². The Balaban J connectivity index is 1.32. The third kappa shape index (κ3) is 7.58. The predicted octanol–water partition coefficient (Wildman–Crippen LogP) is 6.62. The molecule has 0 N–H and O–H groups in total. The number of halogens is 1. The van der Waals surface area contributed by atoms with Crippen molar-refractivity contribution in [1.29, 1.82) is 0 Å². The first-order valence-electron chi connectivity index (χ1n) is 15.3. The van der Waals surface area contributed by atoms with Gasteiger partial charge in [-0.15, -0.1) is 0 Å². The summed E-state index contributed by atoms with van der Waals surface area (Å²) in [6.07, 6.45) is 7.77. The molecule has 2 heterocycles. The second-order valence-electron chi connectivity index (χ2n) is 11.5. The lowest BCUT2D eigenvalue weighted by atomic mass is 9.96. The Kier molecular flexibility index (Phi) is 10.3. The van der Waals surface area contributed by atoms with E-state index in [4.69, 9.17) is 0 Å². The number of para-hydroxylation sites is 1. The van der Waals surface area contributed by atoms with Crippen LogP contribution in [0, 0.1) is 11.7 Å². The standard InChI is InChI=1S/C34H42FN3O3S/c35-31-16-18-32(19-17-31)42(40,41)38-24-20-29(21-25-38)34(39)37-23-11-4-2-1-3-10-22-36(26-28-12-6-5-7-13-28)33-15-9-8-14-30(33)27-37/h5-9,12-19,29H,1-4,10-11,20-27H2. The molecule has 224 valence electrons. The molecule has 3 aromatic rings. The zero-order chi connectivity index (χ0) is 29.4. The van der Waals surface area contributed by atoms with E-state index in [1.54, 1.807) is 0 Å². The predicted molar refractivity (Wildman–Crippen MR) is 165 cm³/mol. The van der Waals surface area contributed by atoms with Gasteiger partial charge in [0.15, 0.2) is 0 Å². The number of rotatable bonds is 5. The fourth-order valence-corrected chi connectivity index (χ4v) is 7.65. The Hall–Kier alpha value is -3.23. The fourth-order valence-electron chi connectivity index (χ4n) is 6.18. The number of benzene rings is 3. The Morgan fingerprint density at radius 2 is 1.36 bits per heavy atom. The van der Waals surface area contributed by atoms with Gasteiger partial charge < -0.3 is 9.80 Å². The zero-order valence-electron chi connectivity index (χ0n) is 24.3. The van der Waals surface area contributed by atoms with Crippen molar-refractivity contribution in [2.75, 3.05) is 31.1 Å². The van der Waals surface area contributed by atoms with Crippen LogP contribution in [0.5, 0.6) is 0 Å². The van der Waals surface area contributed by atoms with Gasteiger partial charge in [-0.25, -0.2) is 12.8 Å². The van der Waals surface area contributed by atoms with Crippen LogP contribution in [0.1, 0.15) is 62.5 Å². The Labute approximate surface area is 250 Å². The number of hydrogen-bond acceptors (Lipinski definition) is 4. The first-order chi connectivity index (χ1) is 20.4. The van der Waals surface area contributed by atoms with Crippen molar-refractivity contribution in [2.24, 2.45) is 5.92 Å². The number of carbonyl (C=O) groups is 1. The average molecular weight is 592 g/mol.